The average molecular weight is 342 g/mol. The Bertz CT molecular complexity index is 752. The highest BCUT2D eigenvalue weighted by atomic mass is 35.5. The van der Waals surface area contributed by atoms with Gasteiger partial charge in [-0.1, -0.05) is 23.2 Å². The van der Waals surface area contributed by atoms with Crippen LogP contribution in [0.25, 0.3) is 0 Å². The van der Waals surface area contributed by atoms with Gasteiger partial charge in [0.1, 0.15) is 5.75 Å². The van der Waals surface area contributed by atoms with Crippen LogP contribution in [0.1, 0.15) is 0 Å². The Labute approximate surface area is 134 Å². The van der Waals surface area contributed by atoms with E-state index in [0.29, 0.717) is 10.7 Å². The molecule has 2 rings (SSSR count). The number of anilines is 2. The maximum Gasteiger partial charge on any atom is 0.323 e. The number of nitrogens with zero attached hydrogens (tertiary/aromatic N) is 1. The Balaban J connectivity index is 2.08. The van der Waals surface area contributed by atoms with Gasteiger partial charge in [0.2, 0.25) is 0 Å². The van der Waals surface area contributed by atoms with Crippen molar-refractivity contribution in [2.75, 3.05) is 10.6 Å². The fraction of sp³-hybridized carbons (Fsp3) is 0. The molecule has 0 aliphatic carbocycles. The first-order valence-corrected chi connectivity index (χ1v) is 6.63. The van der Waals surface area contributed by atoms with Crippen molar-refractivity contribution in [1.82, 2.24) is 0 Å². The van der Waals surface area contributed by atoms with Crippen LogP contribution >= 0.6 is 23.2 Å². The molecule has 0 aromatic heterocycles. The van der Waals surface area contributed by atoms with Gasteiger partial charge in [0.25, 0.3) is 5.69 Å². The van der Waals surface area contributed by atoms with E-state index in [1.807, 2.05) is 0 Å². The lowest BCUT2D eigenvalue weighted by Crippen LogP contribution is -2.19. The monoisotopic (exact) mass is 341 g/mol. The van der Waals surface area contributed by atoms with Crippen molar-refractivity contribution < 1.29 is 14.8 Å². The lowest BCUT2D eigenvalue weighted by atomic mass is 10.2. The van der Waals surface area contributed by atoms with Gasteiger partial charge in [0, 0.05) is 11.8 Å². The predicted molar refractivity (Wildman–Crippen MR) is 83.9 cm³/mol. The van der Waals surface area contributed by atoms with Gasteiger partial charge in [-0.2, -0.15) is 0 Å². The lowest BCUT2D eigenvalue weighted by Gasteiger charge is -2.09. The molecule has 2 amide bonds. The third kappa shape index (κ3) is 3.78. The highest BCUT2D eigenvalue weighted by molar-refractivity contribution is 6.42. The third-order valence-corrected chi connectivity index (χ3v) is 3.36. The summed E-state index contributed by atoms with van der Waals surface area (Å²) in [6.45, 7) is 0. The molecule has 2 aromatic rings. The van der Waals surface area contributed by atoms with E-state index in [1.165, 1.54) is 18.2 Å². The van der Waals surface area contributed by atoms with Crippen molar-refractivity contribution in [3.8, 4) is 5.75 Å². The number of phenols is 1. The first-order chi connectivity index (χ1) is 10.4. The maximum absolute atomic E-state index is 11.8. The molecule has 0 aliphatic rings. The number of benzene rings is 2. The van der Waals surface area contributed by atoms with Crippen molar-refractivity contribution in [2.24, 2.45) is 0 Å². The van der Waals surface area contributed by atoms with E-state index in [4.69, 9.17) is 23.2 Å². The number of phenolic OH excluding ortho intramolecular Hbond substituents is 1. The van der Waals surface area contributed by atoms with Crippen LogP contribution in [-0.4, -0.2) is 16.1 Å². The molecule has 0 spiro atoms. The average Bonchev–Trinajstić information content (AvgIpc) is 2.45. The number of nitro groups is 1. The van der Waals surface area contributed by atoms with Crippen LogP contribution in [0.2, 0.25) is 10.0 Å². The lowest BCUT2D eigenvalue weighted by molar-refractivity contribution is -0.384. The van der Waals surface area contributed by atoms with E-state index in [0.717, 1.165) is 12.1 Å². The Morgan fingerprint density at radius 2 is 1.82 bits per heavy atom. The zero-order chi connectivity index (χ0) is 16.3. The molecule has 0 unspecified atom stereocenters. The molecule has 0 fully saturated rings. The van der Waals surface area contributed by atoms with Crippen LogP contribution in [0.15, 0.2) is 36.4 Å². The van der Waals surface area contributed by atoms with Gasteiger partial charge in [-0.3, -0.25) is 10.1 Å². The van der Waals surface area contributed by atoms with Crippen LogP contribution < -0.4 is 10.6 Å². The van der Waals surface area contributed by atoms with Crippen molar-refractivity contribution in [2.45, 2.75) is 0 Å². The van der Waals surface area contributed by atoms with Crippen molar-refractivity contribution >= 4 is 46.3 Å². The molecule has 2 aromatic carbocycles. The Kier molecular flexibility index (Phi) is 4.69. The topological polar surface area (TPSA) is 104 Å². The molecule has 0 aliphatic heterocycles. The van der Waals surface area contributed by atoms with Gasteiger partial charge < -0.3 is 15.7 Å². The Morgan fingerprint density at radius 3 is 2.41 bits per heavy atom. The first-order valence-electron chi connectivity index (χ1n) is 5.87. The van der Waals surface area contributed by atoms with Crippen LogP contribution in [0, 0.1) is 10.1 Å². The summed E-state index contributed by atoms with van der Waals surface area (Å²) in [7, 11) is 0. The molecule has 0 bridgehead atoms. The van der Waals surface area contributed by atoms with Crippen LogP contribution in [-0.2, 0) is 0 Å². The van der Waals surface area contributed by atoms with E-state index in [1.54, 1.807) is 6.07 Å². The summed E-state index contributed by atoms with van der Waals surface area (Å²) in [6.07, 6.45) is 0. The van der Waals surface area contributed by atoms with Crippen LogP contribution in [0.5, 0.6) is 5.75 Å². The molecular formula is C13H9Cl2N3O4. The quantitative estimate of drug-likeness (QED) is 0.440. The highest BCUT2D eigenvalue weighted by Gasteiger charge is 2.12. The molecule has 0 heterocycles. The summed E-state index contributed by atoms with van der Waals surface area (Å²) < 4.78 is 0. The summed E-state index contributed by atoms with van der Waals surface area (Å²) in [6, 6.07) is 7.19. The third-order valence-electron chi connectivity index (χ3n) is 2.62. The highest BCUT2D eigenvalue weighted by Crippen LogP contribution is 2.28. The van der Waals surface area contributed by atoms with Gasteiger partial charge in [-0.25, -0.2) is 4.79 Å². The number of urea groups is 1. The number of carbonyl (C=O) groups is 1. The van der Waals surface area contributed by atoms with Gasteiger partial charge in [-0.15, -0.1) is 0 Å². The molecule has 0 saturated carbocycles. The SMILES string of the molecule is O=C(Nc1ccc(Cl)c(Cl)c1)Nc1ccc([N+](=O)[O-])cc1O. The van der Waals surface area contributed by atoms with E-state index in [-0.39, 0.29) is 16.4 Å². The predicted octanol–water partition coefficient (Wildman–Crippen LogP) is 4.25. The second-order valence-electron chi connectivity index (χ2n) is 4.17. The summed E-state index contributed by atoms with van der Waals surface area (Å²) in [5, 5.41) is 25.7. The molecule has 0 saturated heterocycles. The molecule has 0 atom stereocenters. The minimum Gasteiger partial charge on any atom is -0.506 e. The molecular weight excluding hydrogens is 333 g/mol. The summed E-state index contributed by atoms with van der Waals surface area (Å²) in [5.41, 5.74) is 0.143. The fourth-order valence-corrected chi connectivity index (χ4v) is 1.90. The first kappa shape index (κ1) is 15.9. The van der Waals surface area contributed by atoms with Gasteiger partial charge in [0.05, 0.1) is 26.7 Å². The molecule has 22 heavy (non-hydrogen) atoms. The number of rotatable bonds is 3. The number of carbonyl (C=O) groups excluding carboxylic acids is 1. The minimum absolute atomic E-state index is 0.0307. The standard InChI is InChI=1S/C13H9Cl2N3O4/c14-9-3-1-7(5-10(9)15)16-13(20)17-11-4-2-8(18(21)22)6-12(11)19/h1-6,19H,(H2,16,17,20). The van der Waals surface area contributed by atoms with Crippen molar-refractivity contribution in [1.29, 1.82) is 0 Å². The van der Waals surface area contributed by atoms with E-state index < -0.39 is 16.7 Å². The number of non-ortho nitro benzene ring substituents is 1. The van der Waals surface area contributed by atoms with Crippen molar-refractivity contribution in [3.05, 3.63) is 56.6 Å². The number of amides is 2. The van der Waals surface area contributed by atoms with Gasteiger partial charge in [0.15, 0.2) is 0 Å². The molecule has 0 radical (unpaired) electrons. The summed E-state index contributed by atoms with van der Waals surface area (Å²) in [5.74, 6) is -0.418. The number of aromatic hydroxyl groups is 1. The largest absolute Gasteiger partial charge is 0.506 e. The van der Waals surface area contributed by atoms with E-state index in [9.17, 15) is 20.0 Å². The molecule has 7 nitrogen and oxygen atoms in total. The smallest absolute Gasteiger partial charge is 0.323 e. The Hall–Kier alpha value is -2.51. The Morgan fingerprint density at radius 1 is 1.09 bits per heavy atom. The molecule has 114 valence electrons. The maximum atomic E-state index is 11.8. The van der Waals surface area contributed by atoms with Crippen LogP contribution in [0.4, 0.5) is 21.9 Å². The molecule has 3 N–H and O–H groups in total. The zero-order valence-corrected chi connectivity index (χ0v) is 12.4. The number of nitrogens with one attached hydrogen (secondary N) is 2. The van der Waals surface area contributed by atoms with Crippen LogP contribution in [0.3, 0.4) is 0 Å². The second-order valence-corrected chi connectivity index (χ2v) is 4.98. The van der Waals surface area contributed by atoms with Gasteiger partial charge >= 0.3 is 6.03 Å². The summed E-state index contributed by atoms with van der Waals surface area (Å²) in [4.78, 5) is 21.7. The number of halogens is 2. The fourth-order valence-electron chi connectivity index (χ4n) is 1.60. The molecule has 9 heteroatoms. The van der Waals surface area contributed by atoms with E-state index in [2.05, 4.69) is 10.6 Å². The normalized spacial score (nSPS) is 10.1. The second kappa shape index (κ2) is 6.50. The zero-order valence-electron chi connectivity index (χ0n) is 10.8. The van der Waals surface area contributed by atoms with Crippen molar-refractivity contribution in [3.63, 3.8) is 0 Å². The minimum atomic E-state index is -0.653. The van der Waals surface area contributed by atoms with Gasteiger partial charge in [-0.05, 0) is 24.3 Å². The number of hydrogen-bond acceptors (Lipinski definition) is 4. The number of nitro benzene ring substituents is 1. The number of hydrogen-bond donors (Lipinski definition) is 3. The summed E-state index contributed by atoms with van der Waals surface area (Å²) >= 11 is 11.6. The van der Waals surface area contributed by atoms with E-state index >= 15 is 0 Å².